The molecule has 4 rings (SSSR count). The van der Waals surface area contributed by atoms with E-state index in [1.807, 2.05) is 24.4 Å². The molecule has 131 valence electrons. The molecule has 0 spiro atoms. The van der Waals surface area contributed by atoms with Crippen molar-refractivity contribution in [3.05, 3.63) is 93.0 Å². The number of benzene rings is 2. The number of para-hydroxylation sites is 1. The predicted molar refractivity (Wildman–Crippen MR) is 96.5 cm³/mol. The summed E-state index contributed by atoms with van der Waals surface area (Å²) in [5, 5.41) is 1.96. The zero-order valence-electron chi connectivity index (χ0n) is 13.8. The van der Waals surface area contributed by atoms with Crippen LogP contribution in [0.25, 0.3) is 16.5 Å². The van der Waals surface area contributed by atoms with Crippen LogP contribution in [0.2, 0.25) is 5.02 Å². The number of allylic oxidation sites excluding steroid dienone is 4. The summed E-state index contributed by atoms with van der Waals surface area (Å²) in [7, 11) is 0. The van der Waals surface area contributed by atoms with E-state index < -0.39 is 0 Å². The molecule has 26 heavy (non-hydrogen) atoms. The van der Waals surface area contributed by atoms with Gasteiger partial charge in [0.1, 0.15) is 0 Å². The summed E-state index contributed by atoms with van der Waals surface area (Å²) in [5.74, 6) is 0. The molecule has 0 atom stereocenters. The molecule has 0 saturated carbocycles. The molecule has 1 nitrogen and oxygen atoms in total. The number of rotatable bonds is 3. The molecule has 0 bridgehead atoms. The molecule has 1 aliphatic carbocycles. The van der Waals surface area contributed by atoms with Crippen LogP contribution in [0.5, 0.6) is 0 Å². The van der Waals surface area contributed by atoms with Crippen LogP contribution in [0.4, 0.5) is 0 Å². The average molecular weight is 440 g/mol. The number of hydrogen-bond donors (Lipinski definition) is 0. The number of aromatic nitrogens is 1. The summed E-state index contributed by atoms with van der Waals surface area (Å²) in [6.07, 6.45) is 6.04. The van der Waals surface area contributed by atoms with Crippen molar-refractivity contribution < 1.29 is 41.1 Å². The molecular weight excluding hydrogens is 425 g/mol. The maximum absolute atomic E-state index is 5.98. The monoisotopic (exact) mass is 438 g/mol. The summed E-state index contributed by atoms with van der Waals surface area (Å²) in [6.45, 7) is 0. The molecule has 1 aromatic heterocycles. The molecule has 0 N–H and O–H groups in total. The van der Waals surface area contributed by atoms with Crippen LogP contribution in [0.1, 0.15) is 17.5 Å². The van der Waals surface area contributed by atoms with Gasteiger partial charge in [0.2, 0.25) is 0 Å². The van der Waals surface area contributed by atoms with Gasteiger partial charge in [0.25, 0.3) is 0 Å². The molecule has 0 radical (unpaired) electrons. The van der Waals surface area contributed by atoms with E-state index in [1.54, 1.807) is 0 Å². The van der Waals surface area contributed by atoms with E-state index in [2.05, 4.69) is 63.7 Å². The molecular formula is C21H15Cl3CrN. The number of pyridine rings is 1. The van der Waals surface area contributed by atoms with Gasteiger partial charge in [0.05, 0.1) is 0 Å². The Morgan fingerprint density at radius 3 is 2.46 bits per heavy atom. The average Bonchev–Trinajstić information content (AvgIpc) is 2.97. The minimum Gasteiger partial charge on any atom is -1.00 e. The van der Waals surface area contributed by atoms with Crippen molar-refractivity contribution in [2.75, 3.05) is 0 Å². The van der Waals surface area contributed by atoms with Crippen molar-refractivity contribution in [2.24, 2.45) is 0 Å². The molecule has 0 amide bonds. The Hall–Kier alpha value is -1.27. The maximum atomic E-state index is 5.98. The number of halogens is 3. The topological polar surface area (TPSA) is 12.9 Å². The van der Waals surface area contributed by atoms with Crippen molar-refractivity contribution in [1.82, 2.24) is 4.98 Å². The summed E-state index contributed by atoms with van der Waals surface area (Å²) >= 11 is 9.27. The fourth-order valence-corrected chi connectivity index (χ4v) is 3.83. The third-order valence-corrected chi connectivity index (χ3v) is 5.43. The zero-order valence-corrected chi connectivity index (χ0v) is 17.3. The van der Waals surface area contributed by atoms with Gasteiger partial charge in [0, 0.05) is 0 Å². The first-order chi connectivity index (χ1) is 11.7. The number of hydrogen-bond acceptors (Lipinski definition) is 1. The SMILES string of the molecule is Clc1ccc(CC2=CCC(c3cccc4cccnc34)=[C]2[Cr+2])cc1.[Cl-].[Cl-]. The minimum absolute atomic E-state index is 0. The Morgan fingerprint density at radius 1 is 0.962 bits per heavy atom. The molecule has 3 aromatic rings. The van der Waals surface area contributed by atoms with Crippen molar-refractivity contribution in [3.8, 4) is 0 Å². The first kappa shape index (κ1) is 21.0. The molecule has 5 heteroatoms. The Morgan fingerprint density at radius 2 is 1.69 bits per heavy atom. The Bertz CT molecular complexity index is 973. The van der Waals surface area contributed by atoms with Crippen LogP contribution in [0.15, 0.2) is 76.9 Å². The third-order valence-electron chi connectivity index (χ3n) is 4.38. The van der Waals surface area contributed by atoms with E-state index in [0.29, 0.717) is 0 Å². The van der Waals surface area contributed by atoms with Crippen LogP contribution in [0, 0.1) is 0 Å². The van der Waals surface area contributed by atoms with Crippen LogP contribution in [-0.4, -0.2) is 4.98 Å². The fourth-order valence-electron chi connectivity index (χ4n) is 3.16. The van der Waals surface area contributed by atoms with E-state index in [9.17, 15) is 0 Å². The summed E-state index contributed by atoms with van der Waals surface area (Å²) < 4.78 is 1.25. The zero-order chi connectivity index (χ0) is 16.5. The fraction of sp³-hybridized carbons (Fsp3) is 0.0952. The molecule has 1 aliphatic rings. The second-order valence-corrected chi connectivity index (χ2v) is 7.00. The Balaban J connectivity index is 0.00000121. The van der Waals surface area contributed by atoms with E-state index in [4.69, 9.17) is 11.6 Å². The van der Waals surface area contributed by atoms with E-state index in [0.717, 1.165) is 23.4 Å². The molecule has 0 aliphatic heterocycles. The Labute approximate surface area is 179 Å². The van der Waals surface area contributed by atoms with Gasteiger partial charge in [-0.05, 0) is 0 Å². The molecule has 2 aromatic carbocycles. The van der Waals surface area contributed by atoms with Crippen LogP contribution in [-0.2, 0) is 22.7 Å². The smallest absolute Gasteiger partial charge is 1.00 e. The first-order valence-electron chi connectivity index (χ1n) is 7.90. The molecule has 0 unspecified atom stereocenters. The van der Waals surface area contributed by atoms with Crippen molar-refractivity contribution in [3.63, 3.8) is 0 Å². The minimum atomic E-state index is 0. The van der Waals surface area contributed by atoms with Gasteiger partial charge in [-0.1, -0.05) is 0 Å². The first-order valence-corrected chi connectivity index (χ1v) is 8.92. The predicted octanol–water partition coefficient (Wildman–Crippen LogP) is -0.273. The largest absolute Gasteiger partial charge is 1.00 e. The van der Waals surface area contributed by atoms with E-state index in [-0.39, 0.29) is 24.8 Å². The molecule has 0 saturated heterocycles. The van der Waals surface area contributed by atoms with Gasteiger partial charge in [-0.25, -0.2) is 0 Å². The van der Waals surface area contributed by atoms with Crippen LogP contribution >= 0.6 is 11.6 Å². The second-order valence-electron chi connectivity index (χ2n) is 5.93. The van der Waals surface area contributed by atoms with Crippen molar-refractivity contribution in [2.45, 2.75) is 12.8 Å². The third kappa shape index (κ3) is 4.17. The van der Waals surface area contributed by atoms with Crippen molar-refractivity contribution in [1.29, 1.82) is 0 Å². The van der Waals surface area contributed by atoms with E-state index in [1.165, 1.54) is 32.1 Å². The number of nitrogens with zero attached hydrogens (tertiary/aromatic N) is 1. The number of fused-ring (bicyclic) bond motifs is 1. The second kappa shape index (κ2) is 9.09. The van der Waals surface area contributed by atoms with Crippen LogP contribution in [0.3, 0.4) is 0 Å². The summed E-state index contributed by atoms with van der Waals surface area (Å²) in [6, 6.07) is 18.6. The standard InChI is InChI=1S/C21H15ClN.2ClH.Cr/c22-19-10-7-15(8-11-19)13-16-6-9-18(14-16)20-5-1-3-17-4-2-12-23-21(17)20;;;/h1-8,10-12H,9,13H2;2*1H;/q;;;+2/p-2. The summed E-state index contributed by atoms with van der Waals surface area (Å²) in [4.78, 5) is 4.59. The molecule has 0 fully saturated rings. The molecule has 1 heterocycles. The maximum Gasteiger partial charge on any atom is -1.00 e. The van der Waals surface area contributed by atoms with Crippen molar-refractivity contribution >= 4 is 28.1 Å². The van der Waals surface area contributed by atoms with Gasteiger partial charge in [-0.15, -0.1) is 0 Å². The summed E-state index contributed by atoms with van der Waals surface area (Å²) in [5.41, 5.74) is 6.26. The van der Waals surface area contributed by atoms with Gasteiger partial charge in [-0.3, -0.25) is 0 Å². The van der Waals surface area contributed by atoms with Gasteiger partial charge < -0.3 is 24.8 Å². The Kier molecular flexibility index (Phi) is 7.35. The van der Waals surface area contributed by atoms with Gasteiger partial charge >= 0.3 is 155 Å². The van der Waals surface area contributed by atoms with Gasteiger partial charge in [-0.2, -0.15) is 0 Å². The van der Waals surface area contributed by atoms with Crippen LogP contribution < -0.4 is 24.8 Å². The quantitative estimate of drug-likeness (QED) is 0.547. The normalized spacial score (nSPS) is 13.2. The van der Waals surface area contributed by atoms with E-state index >= 15 is 0 Å². The van der Waals surface area contributed by atoms with Gasteiger partial charge in [0.15, 0.2) is 0 Å².